The van der Waals surface area contributed by atoms with Gasteiger partial charge in [0.2, 0.25) is 5.91 Å². The van der Waals surface area contributed by atoms with Crippen LogP contribution >= 0.6 is 0 Å². The van der Waals surface area contributed by atoms with E-state index in [1.54, 1.807) is 0 Å². The van der Waals surface area contributed by atoms with Gasteiger partial charge in [-0.25, -0.2) is 0 Å². The van der Waals surface area contributed by atoms with Crippen LogP contribution in [0.15, 0.2) is 6.07 Å². The van der Waals surface area contributed by atoms with Crippen molar-refractivity contribution in [2.45, 2.75) is 39.7 Å². The van der Waals surface area contributed by atoms with Gasteiger partial charge in [0.15, 0.2) is 0 Å². The minimum absolute atomic E-state index is 0.0917. The van der Waals surface area contributed by atoms with E-state index in [9.17, 15) is 4.79 Å². The highest BCUT2D eigenvalue weighted by Gasteiger charge is 2.20. The number of hydrogen-bond acceptors (Lipinski definition) is 3. The van der Waals surface area contributed by atoms with Crippen LogP contribution in [0, 0.1) is 19.8 Å². The number of carbonyl (C=O) groups is 1. The maximum absolute atomic E-state index is 11.5. The highest BCUT2D eigenvalue weighted by Crippen LogP contribution is 2.27. The number of hydrogen-bond donors (Lipinski definition) is 2. The smallest absolute Gasteiger partial charge is 0.233 e. The van der Waals surface area contributed by atoms with Crippen molar-refractivity contribution in [1.82, 2.24) is 20.4 Å². The molecule has 1 saturated carbocycles. The number of nitrogens with one attached hydrogen (secondary N) is 2. The van der Waals surface area contributed by atoms with Crippen molar-refractivity contribution in [3.63, 3.8) is 0 Å². The molecule has 1 fully saturated rings. The maximum Gasteiger partial charge on any atom is 0.233 e. The van der Waals surface area contributed by atoms with Crippen LogP contribution in [0.4, 0.5) is 0 Å². The SMILES string of the molecule is Cc1cc(C)n(CCCNC(=O)CNCC2CC2)n1. The molecule has 0 aliphatic heterocycles. The Labute approximate surface area is 114 Å². The number of nitrogens with zero attached hydrogens (tertiary/aromatic N) is 2. The molecule has 0 radical (unpaired) electrons. The number of carbonyl (C=O) groups excluding carboxylic acids is 1. The Balaban J connectivity index is 1.53. The van der Waals surface area contributed by atoms with Crippen molar-refractivity contribution in [2.75, 3.05) is 19.6 Å². The second-order valence-corrected chi connectivity index (χ2v) is 5.43. The Morgan fingerprint density at radius 1 is 1.47 bits per heavy atom. The zero-order valence-corrected chi connectivity index (χ0v) is 11.9. The van der Waals surface area contributed by atoms with E-state index >= 15 is 0 Å². The third-order valence-corrected chi connectivity index (χ3v) is 3.39. The van der Waals surface area contributed by atoms with Crippen LogP contribution in [-0.4, -0.2) is 35.3 Å². The van der Waals surface area contributed by atoms with Crippen LogP contribution in [0.5, 0.6) is 0 Å². The van der Waals surface area contributed by atoms with Crippen molar-refractivity contribution in [3.8, 4) is 0 Å². The van der Waals surface area contributed by atoms with Gasteiger partial charge >= 0.3 is 0 Å². The van der Waals surface area contributed by atoms with Gasteiger partial charge in [-0.1, -0.05) is 0 Å². The van der Waals surface area contributed by atoms with Gasteiger partial charge in [0.1, 0.15) is 0 Å². The topological polar surface area (TPSA) is 59.0 Å². The van der Waals surface area contributed by atoms with Crippen molar-refractivity contribution < 1.29 is 4.79 Å². The monoisotopic (exact) mass is 264 g/mol. The molecule has 1 amide bonds. The minimum atomic E-state index is 0.0917. The predicted octanol–water partition coefficient (Wildman–Crippen LogP) is 1.01. The molecule has 2 N–H and O–H groups in total. The molecule has 0 unspecified atom stereocenters. The van der Waals surface area contributed by atoms with Crippen molar-refractivity contribution >= 4 is 5.91 Å². The summed E-state index contributed by atoms with van der Waals surface area (Å²) in [5.41, 5.74) is 2.22. The van der Waals surface area contributed by atoms with Gasteiger partial charge in [-0.2, -0.15) is 5.10 Å². The molecule has 0 bridgehead atoms. The fourth-order valence-corrected chi connectivity index (χ4v) is 2.13. The average molecular weight is 264 g/mol. The molecule has 0 aromatic carbocycles. The second-order valence-electron chi connectivity index (χ2n) is 5.43. The van der Waals surface area contributed by atoms with E-state index in [0.717, 1.165) is 31.1 Å². The molecule has 0 saturated heterocycles. The van der Waals surface area contributed by atoms with Crippen LogP contribution in [0.3, 0.4) is 0 Å². The molecule has 0 spiro atoms. The summed E-state index contributed by atoms with van der Waals surface area (Å²) in [6.45, 7) is 7.05. The highest BCUT2D eigenvalue weighted by molar-refractivity contribution is 5.77. The molecular formula is C14H24N4O. The predicted molar refractivity (Wildman–Crippen MR) is 74.9 cm³/mol. The third-order valence-electron chi connectivity index (χ3n) is 3.39. The van der Waals surface area contributed by atoms with Gasteiger partial charge in [0, 0.05) is 18.8 Å². The van der Waals surface area contributed by atoms with Gasteiger partial charge < -0.3 is 10.6 Å². The molecule has 1 heterocycles. The highest BCUT2D eigenvalue weighted by atomic mass is 16.1. The van der Waals surface area contributed by atoms with E-state index in [4.69, 9.17) is 0 Å². The lowest BCUT2D eigenvalue weighted by atomic mass is 10.3. The summed E-state index contributed by atoms with van der Waals surface area (Å²) in [6, 6.07) is 2.07. The summed E-state index contributed by atoms with van der Waals surface area (Å²) in [4.78, 5) is 11.5. The van der Waals surface area contributed by atoms with Gasteiger partial charge in [-0.05, 0) is 51.6 Å². The average Bonchev–Trinajstić information content (AvgIpc) is 3.11. The molecule has 5 nitrogen and oxygen atoms in total. The van der Waals surface area contributed by atoms with Gasteiger partial charge in [-0.3, -0.25) is 9.48 Å². The molecule has 1 aliphatic rings. The lowest BCUT2D eigenvalue weighted by Gasteiger charge is -2.07. The summed E-state index contributed by atoms with van der Waals surface area (Å²) >= 11 is 0. The molecule has 1 aliphatic carbocycles. The first kappa shape index (κ1) is 14.1. The number of amides is 1. The standard InChI is InChI=1S/C14H24N4O/c1-11-8-12(2)18(17-11)7-3-6-16-14(19)10-15-9-13-4-5-13/h8,13,15H,3-7,9-10H2,1-2H3,(H,16,19). The second kappa shape index (κ2) is 6.70. The third kappa shape index (κ3) is 5.03. The van der Waals surface area contributed by atoms with E-state index in [0.29, 0.717) is 13.1 Å². The van der Waals surface area contributed by atoms with E-state index in [2.05, 4.69) is 28.7 Å². The van der Waals surface area contributed by atoms with E-state index in [1.165, 1.54) is 18.5 Å². The molecule has 1 aromatic heterocycles. The van der Waals surface area contributed by atoms with Crippen LogP contribution in [0.1, 0.15) is 30.7 Å². The van der Waals surface area contributed by atoms with Gasteiger partial charge in [-0.15, -0.1) is 0 Å². The normalized spacial score (nSPS) is 14.6. The van der Waals surface area contributed by atoms with E-state index in [1.807, 2.05) is 11.6 Å². The summed E-state index contributed by atoms with van der Waals surface area (Å²) in [5, 5.41) is 10.5. The molecule has 5 heteroatoms. The van der Waals surface area contributed by atoms with Crippen molar-refractivity contribution in [1.29, 1.82) is 0 Å². The summed E-state index contributed by atoms with van der Waals surface area (Å²) in [5.74, 6) is 0.910. The Bertz CT molecular complexity index is 423. The van der Waals surface area contributed by atoms with E-state index < -0.39 is 0 Å². The molecule has 19 heavy (non-hydrogen) atoms. The Kier molecular flexibility index (Phi) is 4.96. The van der Waals surface area contributed by atoms with Crippen molar-refractivity contribution in [2.24, 2.45) is 5.92 Å². The first-order valence-electron chi connectivity index (χ1n) is 7.13. The number of rotatable bonds is 8. The summed E-state index contributed by atoms with van der Waals surface area (Å²) < 4.78 is 1.99. The molecule has 0 atom stereocenters. The van der Waals surface area contributed by atoms with Crippen LogP contribution < -0.4 is 10.6 Å². The Hall–Kier alpha value is -1.36. The van der Waals surface area contributed by atoms with E-state index in [-0.39, 0.29) is 5.91 Å². The number of aromatic nitrogens is 2. The summed E-state index contributed by atoms with van der Waals surface area (Å²) in [7, 11) is 0. The molecule has 1 aromatic rings. The maximum atomic E-state index is 11.5. The Morgan fingerprint density at radius 2 is 2.26 bits per heavy atom. The minimum Gasteiger partial charge on any atom is -0.355 e. The van der Waals surface area contributed by atoms with Crippen molar-refractivity contribution in [3.05, 3.63) is 17.5 Å². The zero-order valence-electron chi connectivity index (χ0n) is 11.9. The fraction of sp³-hybridized carbons (Fsp3) is 0.714. The fourth-order valence-electron chi connectivity index (χ4n) is 2.13. The first-order chi connectivity index (χ1) is 9.15. The number of aryl methyl sites for hydroxylation is 3. The molecule has 106 valence electrons. The largest absolute Gasteiger partial charge is 0.355 e. The lowest BCUT2D eigenvalue weighted by Crippen LogP contribution is -2.35. The Morgan fingerprint density at radius 3 is 2.89 bits per heavy atom. The lowest BCUT2D eigenvalue weighted by molar-refractivity contribution is -0.120. The summed E-state index contributed by atoms with van der Waals surface area (Å²) in [6.07, 6.45) is 3.55. The van der Waals surface area contributed by atoms with Crippen LogP contribution in [0.25, 0.3) is 0 Å². The van der Waals surface area contributed by atoms with Gasteiger partial charge in [0.05, 0.1) is 12.2 Å². The van der Waals surface area contributed by atoms with Crippen LogP contribution in [0.2, 0.25) is 0 Å². The quantitative estimate of drug-likeness (QED) is 0.689. The van der Waals surface area contributed by atoms with Gasteiger partial charge in [0.25, 0.3) is 0 Å². The zero-order chi connectivity index (χ0) is 13.7. The molecule has 2 rings (SSSR count). The van der Waals surface area contributed by atoms with Crippen LogP contribution in [-0.2, 0) is 11.3 Å². The molecular weight excluding hydrogens is 240 g/mol. The first-order valence-corrected chi connectivity index (χ1v) is 7.13.